The van der Waals surface area contributed by atoms with Crippen molar-refractivity contribution in [1.82, 2.24) is 4.98 Å². The first kappa shape index (κ1) is 12.0. The third kappa shape index (κ3) is 2.82. The molecule has 0 atom stereocenters. The highest BCUT2D eigenvalue weighted by Gasteiger charge is 2.35. The molecule has 0 aliphatic heterocycles. The second-order valence-electron chi connectivity index (χ2n) is 4.84. The van der Waals surface area contributed by atoms with Gasteiger partial charge in [0.05, 0.1) is 5.54 Å². The van der Waals surface area contributed by atoms with Crippen LogP contribution in [0.3, 0.4) is 0 Å². The topological polar surface area (TPSA) is 68.0 Å². The van der Waals surface area contributed by atoms with Crippen LogP contribution in [0, 0.1) is 6.92 Å². The number of aromatic nitrogens is 1. The quantitative estimate of drug-likeness (QED) is 0.820. The van der Waals surface area contributed by atoms with Crippen molar-refractivity contribution >= 4 is 11.7 Å². The molecular weight excluding hydrogens is 214 g/mol. The minimum absolute atomic E-state index is 0.102. The smallest absolute Gasteiger partial charge is 0.245 e. The highest BCUT2D eigenvalue weighted by Crippen LogP contribution is 2.26. The molecule has 1 aliphatic carbocycles. The molecule has 2 rings (SSSR count). The van der Waals surface area contributed by atoms with E-state index in [9.17, 15) is 4.79 Å². The average Bonchev–Trinajstić information content (AvgIpc) is 2.30. The van der Waals surface area contributed by atoms with Crippen LogP contribution >= 0.6 is 0 Å². The zero-order valence-corrected chi connectivity index (χ0v) is 10.2. The number of anilines is 1. The minimum Gasteiger partial charge on any atom is -0.317 e. The predicted molar refractivity (Wildman–Crippen MR) is 67.6 cm³/mol. The number of carbonyl (C=O) groups excluding carboxylic acids is 1. The van der Waals surface area contributed by atoms with Gasteiger partial charge in [0.15, 0.2) is 0 Å². The van der Waals surface area contributed by atoms with Crippen molar-refractivity contribution in [2.75, 3.05) is 5.32 Å². The number of aryl methyl sites for hydroxylation is 1. The van der Waals surface area contributed by atoms with Gasteiger partial charge in [0, 0.05) is 5.69 Å². The molecule has 3 N–H and O–H groups in total. The zero-order chi connectivity index (χ0) is 12.3. The van der Waals surface area contributed by atoms with E-state index in [2.05, 4.69) is 10.3 Å². The van der Waals surface area contributed by atoms with E-state index in [0.29, 0.717) is 5.82 Å². The standard InChI is InChI=1S/C13H19N3O/c1-10-6-5-7-11(15-10)16-12(17)13(14)8-3-2-4-9-13/h5-7H,2-4,8-9,14H2,1H3,(H,15,16,17). The number of amides is 1. The molecule has 1 aromatic heterocycles. The Morgan fingerprint density at radius 1 is 1.35 bits per heavy atom. The minimum atomic E-state index is -0.705. The van der Waals surface area contributed by atoms with Crippen molar-refractivity contribution in [3.05, 3.63) is 23.9 Å². The first-order chi connectivity index (χ1) is 8.10. The van der Waals surface area contributed by atoms with Crippen LogP contribution in [0.4, 0.5) is 5.82 Å². The van der Waals surface area contributed by atoms with Gasteiger partial charge in [0.1, 0.15) is 5.82 Å². The van der Waals surface area contributed by atoms with Crippen LogP contribution in [-0.4, -0.2) is 16.4 Å². The molecule has 1 amide bonds. The number of hydrogen-bond donors (Lipinski definition) is 2. The van der Waals surface area contributed by atoms with Gasteiger partial charge >= 0.3 is 0 Å². The monoisotopic (exact) mass is 233 g/mol. The SMILES string of the molecule is Cc1cccc(NC(=O)C2(N)CCCCC2)n1. The van der Waals surface area contributed by atoms with Gasteiger partial charge < -0.3 is 11.1 Å². The fourth-order valence-electron chi connectivity index (χ4n) is 2.26. The molecule has 1 aromatic rings. The molecule has 0 aromatic carbocycles. The van der Waals surface area contributed by atoms with Crippen LogP contribution in [-0.2, 0) is 4.79 Å². The molecule has 1 aliphatic rings. The molecule has 0 bridgehead atoms. The average molecular weight is 233 g/mol. The lowest BCUT2D eigenvalue weighted by molar-refractivity contribution is -0.122. The number of hydrogen-bond acceptors (Lipinski definition) is 3. The summed E-state index contributed by atoms with van der Waals surface area (Å²) in [6.07, 6.45) is 4.78. The van der Waals surface area contributed by atoms with Crippen molar-refractivity contribution in [3.8, 4) is 0 Å². The summed E-state index contributed by atoms with van der Waals surface area (Å²) in [5.41, 5.74) is 6.33. The summed E-state index contributed by atoms with van der Waals surface area (Å²) in [5.74, 6) is 0.487. The molecule has 4 heteroatoms. The molecule has 0 unspecified atom stereocenters. The van der Waals surface area contributed by atoms with Crippen molar-refractivity contribution < 1.29 is 4.79 Å². The van der Waals surface area contributed by atoms with Crippen molar-refractivity contribution in [2.45, 2.75) is 44.6 Å². The third-order valence-electron chi connectivity index (χ3n) is 3.33. The van der Waals surface area contributed by atoms with E-state index in [1.807, 2.05) is 19.1 Å². The molecule has 1 saturated carbocycles. The normalized spacial score (nSPS) is 18.7. The Morgan fingerprint density at radius 3 is 2.71 bits per heavy atom. The Morgan fingerprint density at radius 2 is 2.06 bits per heavy atom. The summed E-state index contributed by atoms with van der Waals surface area (Å²) in [6.45, 7) is 1.90. The van der Waals surface area contributed by atoms with Crippen molar-refractivity contribution in [1.29, 1.82) is 0 Å². The largest absolute Gasteiger partial charge is 0.317 e. The van der Waals surface area contributed by atoms with E-state index in [1.54, 1.807) is 6.07 Å². The fraction of sp³-hybridized carbons (Fsp3) is 0.538. The molecule has 17 heavy (non-hydrogen) atoms. The van der Waals surface area contributed by atoms with Crippen LogP contribution in [0.2, 0.25) is 0 Å². The van der Waals surface area contributed by atoms with E-state index in [4.69, 9.17) is 5.73 Å². The number of carbonyl (C=O) groups is 1. The first-order valence-corrected chi connectivity index (χ1v) is 6.14. The molecule has 0 radical (unpaired) electrons. The number of nitrogens with two attached hydrogens (primary N) is 1. The van der Waals surface area contributed by atoms with Crippen LogP contribution in [0.15, 0.2) is 18.2 Å². The van der Waals surface area contributed by atoms with Gasteiger partial charge in [-0.15, -0.1) is 0 Å². The fourth-order valence-corrected chi connectivity index (χ4v) is 2.26. The second-order valence-corrected chi connectivity index (χ2v) is 4.84. The lowest BCUT2D eigenvalue weighted by atomic mass is 9.82. The summed E-state index contributed by atoms with van der Waals surface area (Å²) in [7, 11) is 0. The predicted octanol–water partition coefficient (Wildman–Crippen LogP) is 1.99. The summed E-state index contributed by atoms with van der Waals surface area (Å²) in [6, 6.07) is 5.56. The summed E-state index contributed by atoms with van der Waals surface area (Å²) < 4.78 is 0. The molecule has 1 heterocycles. The lowest BCUT2D eigenvalue weighted by Crippen LogP contribution is -2.52. The van der Waals surface area contributed by atoms with E-state index < -0.39 is 5.54 Å². The highest BCUT2D eigenvalue weighted by atomic mass is 16.2. The van der Waals surface area contributed by atoms with E-state index in [1.165, 1.54) is 6.42 Å². The Bertz CT molecular complexity index is 411. The maximum Gasteiger partial charge on any atom is 0.245 e. The molecule has 4 nitrogen and oxygen atoms in total. The Labute approximate surface area is 102 Å². The van der Waals surface area contributed by atoms with E-state index in [-0.39, 0.29) is 5.91 Å². The van der Waals surface area contributed by atoms with Crippen molar-refractivity contribution in [3.63, 3.8) is 0 Å². The van der Waals surface area contributed by atoms with Crippen LogP contribution in [0.25, 0.3) is 0 Å². The van der Waals surface area contributed by atoms with Gasteiger partial charge in [-0.3, -0.25) is 4.79 Å². The summed E-state index contributed by atoms with van der Waals surface area (Å²) in [5, 5.41) is 2.82. The first-order valence-electron chi connectivity index (χ1n) is 6.14. The van der Waals surface area contributed by atoms with E-state index in [0.717, 1.165) is 31.4 Å². The van der Waals surface area contributed by atoms with Gasteiger partial charge in [0.2, 0.25) is 5.91 Å². The maximum atomic E-state index is 12.1. The maximum absolute atomic E-state index is 12.1. The van der Waals surface area contributed by atoms with Crippen LogP contribution in [0.5, 0.6) is 0 Å². The second kappa shape index (κ2) is 4.84. The Balaban J connectivity index is 2.05. The van der Waals surface area contributed by atoms with Gasteiger partial charge in [-0.05, 0) is 31.9 Å². The Kier molecular flexibility index (Phi) is 3.43. The van der Waals surface area contributed by atoms with Gasteiger partial charge in [-0.25, -0.2) is 4.98 Å². The van der Waals surface area contributed by atoms with E-state index >= 15 is 0 Å². The van der Waals surface area contributed by atoms with Crippen LogP contribution < -0.4 is 11.1 Å². The molecular formula is C13H19N3O. The molecule has 92 valence electrons. The highest BCUT2D eigenvalue weighted by molar-refractivity contribution is 5.97. The molecule has 0 spiro atoms. The van der Waals surface area contributed by atoms with Crippen molar-refractivity contribution in [2.24, 2.45) is 5.73 Å². The van der Waals surface area contributed by atoms with Gasteiger partial charge in [-0.2, -0.15) is 0 Å². The number of nitrogens with zero attached hydrogens (tertiary/aromatic N) is 1. The number of rotatable bonds is 2. The third-order valence-corrected chi connectivity index (χ3v) is 3.33. The number of pyridine rings is 1. The lowest BCUT2D eigenvalue weighted by Gasteiger charge is -2.31. The molecule has 1 fully saturated rings. The zero-order valence-electron chi connectivity index (χ0n) is 10.2. The van der Waals surface area contributed by atoms with Gasteiger partial charge in [-0.1, -0.05) is 25.3 Å². The summed E-state index contributed by atoms with van der Waals surface area (Å²) in [4.78, 5) is 16.4. The summed E-state index contributed by atoms with van der Waals surface area (Å²) >= 11 is 0. The molecule has 0 saturated heterocycles. The van der Waals surface area contributed by atoms with Gasteiger partial charge in [0.25, 0.3) is 0 Å². The van der Waals surface area contributed by atoms with Crippen LogP contribution in [0.1, 0.15) is 37.8 Å². The number of nitrogens with one attached hydrogen (secondary N) is 1. The Hall–Kier alpha value is -1.42.